The Hall–Kier alpha value is -4.79. The Morgan fingerprint density at radius 1 is 0.897 bits per heavy atom. The Balaban J connectivity index is 1.31. The minimum atomic E-state index is -4.54. The highest BCUT2D eigenvalue weighted by Gasteiger charge is 2.30. The number of hydrogen-bond donors (Lipinski definition) is 4. The number of anilines is 4. The number of piperidine rings is 1. The molecule has 202 valence electrons. The molecule has 1 aliphatic heterocycles. The van der Waals surface area contributed by atoms with E-state index in [0.29, 0.717) is 36.6 Å². The first-order valence-electron chi connectivity index (χ1n) is 12.0. The Bertz CT molecular complexity index is 1410. The maximum Gasteiger partial charge on any atom is 0.416 e. The molecule has 3 aromatic rings. The number of nitrogens with zero attached hydrogens (tertiary/aromatic N) is 2. The van der Waals surface area contributed by atoms with Crippen molar-refractivity contribution in [2.75, 3.05) is 33.9 Å². The van der Waals surface area contributed by atoms with E-state index in [2.05, 4.69) is 21.3 Å². The third-order valence-corrected chi connectivity index (χ3v) is 6.00. The second kappa shape index (κ2) is 11.7. The molecular formula is C27H24F4N6O2. The van der Waals surface area contributed by atoms with E-state index in [9.17, 15) is 27.2 Å². The van der Waals surface area contributed by atoms with Crippen molar-refractivity contribution in [3.8, 4) is 6.07 Å². The van der Waals surface area contributed by atoms with Gasteiger partial charge in [-0.25, -0.2) is 14.0 Å². The van der Waals surface area contributed by atoms with Crippen LogP contribution in [0.1, 0.15) is 24.0 Å². The molecule has 1 heterocycles. The molecule has 12 heteroatoms. The Kier molecular flexibility index (Phi) is 8.19. The molecule has 0 saturated carbocycles. The first kappa shape index (κ1) is 27.3. The summed E-state index contributed by atoms with van der Waals surface area (Å²) in [5.41, 5.74) is 0.349. The van der Waals surface area contributed by atoms with Gasteiger partial charge in [0.05, 0.1) is 22.9 Å². The van der Waals surface area contributed by atoms with Crippen molar-refractivity contribution in [3.63, 3.8) is 0 Å². The molecule has 4 amide bonds. The summed E-state index contributed by atoms with van der Waals surface area (Å²) in [7, 11) is 0. The normalized spacial score (nSPS) is 15.2. The minimum absolute atomic E-state index is 0.0293. The summed E-state index contributed by atoms with van der Waals surface area (Å²) < 4.78 is 53.1. The van der Waals surface area contributed by atoms with Crippen LogP contribution in [-0.2, 0) is 6.18 Å². The Morgan fingerprint density at radius 2 is 1.54 bits per heavy atom. The number of amides is 4. The van der Waals surface area contributed by atoms with Crippen LogP contribution in [0.25, 0.3) is 0 Å². The number of carbonyl (C=O) groups excluding carboxylic acids is 2. The minimum Gasteiger partial charge on any atom is -0.367 e. The lowest BCUT2D eigenvalue weighted by atomic mass is 10.0. The lowest BCUT2D eigenvalue weighted by Gasteiger charge is -2.35. The van der Waals surface area contributed by atoms with Gasteiger partial charge in [0.2, 0.25) is 0 Å². The molecular weight excluding hydrogens is 516 g/mol. The number of nitriles is 1. The molecule has 8 nitrogen and oxygen atoms in total. The van der Waals surface area contributed by atoms with Gasteiger partial charge in [0.25, 0.3) is 0 Å². The van der Waals surface area contributed by atoms with E-state index in [1.54, 1.807) is 30.3 Å². The molecule has 0 aromatic heterocycles. The van der Waals surface area contributed by atoms with Crippen LogP contribution in [0, 0.1) is 17.1 Å². The fourth-order valence-corrected chi connectivity index (χ4v) is 4.24. The highest BCUT2D eigenvalue weighted by atomic mass is 19.4. The van der Waals surface area contributed by atoms with Gasteiger partial charge >= 0.3 is 18.2 Å². The van der Waals surface area contributed by atoms with Gasteiger partial charge in [0.15, 0.2) is 0 Å². The van der Waals surface area contributed by atoms with E-state index in [4.69, 9.17) is 5.26 Å². The van der Waals surface area contributed by atoms with Gasteiger partial charge in [-0.15, -0.1) is 0 Å². The molecule has 1 atom stereocenters. The second-order valence-electron chi connectivity index (χ2n) is 8.90. The Morgan fingerprint density at radius 3 is 2.18 bits per heavy atom. The van der Waals surface area contributed by atoms with Crippen molar-refractivity contribution in [2.45, 2.75) is 25.1 Å². The second-order valence-corrected chi connectivity index (χ2v) is 8.90. The van der Waals surface area contributed by atoms with E-state index in [0.717, 1.165) is 18.6 Å². The predicted octanol–water partition coefficient (Wildman–Crippen LogP) is 6.15. The molecule has 0 aliphatic carbocycles. The average Bonchev–Trinajstić information content (AvgIpc) is 2.88. The number of carbonyl (C=O) groups is 2. The molecule has 1 unspecified atom stereocenters. The SMILES string of the molecule is N#Cc1ccc(N2CCCC(NC(=O)Nc3cccc(NC(=O)Nc4cccc(C(F)(F)F)c4)c3)C2)c(F)c1. The van der Waals surface area contributed by atoms with Crippen molar-refractivity contribution in [1.29, 1.82) is 5.26 Å². The van der Waals surface area contributed by atoms with Crippen molar-refractivity contribution < 1.29 is 27.2 Å². The summed E-state index contributed by atoms with van der Waals surface area (Å²) in [6.07, 6.45) is -3.12. The van der Waals surface area contributed by atoms with Gasteiger partial charge in [0, 0.05) is 36.2 Å². The van der Waals surface area contributed by atoms with Crippen LogP contribution in [-0.4, -0.2) is 31.2 Å². The van der Waals surface area contributed by atoms with Gasteiger partial charge in [0.1, 0.15) is 5.82 Å². The fraction of sp³-hybridized carbons (Fsp3) is 0.222. The number of hydrogen-bond acceptors (Lipinski definition) is 4. The molecule has 4 rings (SSSR count). The zero-order chi connectivity index (χ0) is 28.0. The highest BCUT2D eigenvalue weighted by molar-refractivity contribution is 6.00. The van der Waals surface area contributed by atoms with E-state index < -0.39 is 29.6 Å². The number of alkyl halides is 3. The van der Waals surface area contributed by atoms with E-state index in [1.807, 2.05) is 11.0 Å². The van der Waals surface area contributed by atoms with Crippen LogP contribution >= 0.6 is 0 Å². The van der Waals surface area contributed by atoms with Gasteiger partial charge in [-0.2, -0.15) is 18.4 Å². The maximum absolute atomic E-state index is 14.4. The number of urea groups is 2. The number of nitrogens with one attached hydrogen (secondary N) is 4. The smallest absolute Gasteiger partial charge is 0.367 e. The lowest BCUT2D eigenvalue weighted by molar-refractivity contribution is -0.137. The van der Waals surface area contributed by atoms with Crippen LogP contribution in [0.4, 0.5) is 49.9 Å². The van der Waals surface area contributed by atoms with Crippen molar-refractivity contribution in [2.24, 2.45) is 0 Å². The zero-order valence-corrected chi connectivity index (χ0v) is 20.5. The number of rotatable bonds is 5. The Labute approximate surface area is 221 Å². The third-order valence-electron chi connectivity index (χ3n) is 6.00. The van der Waals surface area contributed by atoms with Gasteiger partial charge in [-0.3, -0.25) is 0 Å². The number of halogens is 4. The first-order chi connectivity index (χ1) is 18.6. The van der Waals surface area contributed by atoms with Gasteiger partial charge in [-0.1, -0.05) is 12.1 Å². The summed E-state index contributed by atoms with van der Waals surface area (Å²) >= 11 is 0. The molecule has 1 aliphatic rings. The molecule has 1 saturated heterocycles. The molecule has 39 heavy (non-hydrogen) atoms. The maximum atomic E-state index is 14.4. The van der Waals surface area contributed by atoms with Gasteiger partial charge < -0.3 is 26.2 Å². The standard InChI is InChI=1S/C27H24F4N6O2/c28-23-12-17(15-32)9-10-24(23)37-11-3-8-22(16-37)36-26(39)35-21-7-2-6-20(14-21)34-25(38)33-19-5-1-4-18(13-19)27(29,30)31/h1-2,4-7,9-10,12-14,22H,3,8,11,16H2,(H2,33,34,38)(H2,35,36,39). The predicted molar refractivity (Wildman–Crippen MR) is 139 cm³/mol. The quantitative estimate of drug-likeness (QED) is 0.291. The molecule has 3 aromatic carbocycles. The lowest BCUT2D eigenvalue weighted by Crippen LogP contribution is -2.49. The third kappa shape index (κ3) is 7.38. The van der Waals surface area contributed by atoms with Crippen molar-refractivity contribution in [1.82, 2.24) is 5.32 Å². The van der Waals surface area contributed by atoms with Crippen LogP contribution in [0.3, 0.4) is 0 Å². The van der Waals surface area contributed by atoms with Crippen LogP contribution in [0.2, 0.25) is 0 Å². The first-order valence-corrected chi connectivity index (χ1v) is 12.0. The van der Waals surface area contributed by atoms with Crippen LogP contribution < -0.4 is 26.2 Å². The summed E-state index contributed by atoms with van der Waals surface area (Å²) in [5, 5.41) is 19.3. The number of benzene rings is 3. The molecule has 0 bridgehead atoms. The highest BCUT2D eigenvalue weighted by Crippen LogP contribution is 2.30. The largest absolute Gasteiger partial charge is 0.416 e. The average molecular weight is 541 g/mol. The van der Waals surface area contributed by atoms with Crippen molar-refractivity contribution in [3.05, 3.63) is 83.7 Å². The summed E-state index contributed by atoms with van der Waals surface area (Å²) in [6.45, 7) is 0.993. The molecule has 0 radical (unpaired) electrons. The zero-order valence-electron chi connectivity index (χ0n) is 20.5. The molecule has 0 spiro atoms. The van der Waals surface area contributed by atoms with E-state index in [-0.39, 0.29) is 17.3 Å². The summed E-state index contributed by atoms with van der Waals surface area (Å²) in [5.74, 6) is -0.499. The van der Waals surface area contributed by atoms with Crippen LogP contribution in [0.5, 0.6) is 0 Å². The fourth-order valence-electron chi connectivity index (χ4n) is 4.24. The van der Waals surface area contributed by atoms with Gasteiger partial charge in [-0.05, 0) is 67.4 Å². The van der Waals surface area contributed by atoms with E-state index >= 15 is 0 Å². The van der Waals surface area contributed by atoms with Crippen molar-refractivity contribution >= 4 is 34.8 Å². The molecule has 4 N–H and O–H groups in total. The molecule has 1 fully saturated rings. The van der Waals surface area contributed by atoms with Crippen LogP contribution in [0.15, 0.2) is 66.7 Å². The topological polar surface area (TPSA) is 109 Å². The summed E-state index contributed by atoms with van der Waals surface area (Å²) in [4.78, 5) is 26.7. The summed E-state index contributed by atoms with van der Waals surface area (Å²) in [6, 6.07) is 15.2. The monoisotopic (exact) mass is 540 g/mol. The van der Waals surface area contributed by atoms with E-state index in [1.165, 1.54) is 24.3 Å².